The van der Waals surface area contributed by atoms with E-state index in [1.54, 1.807) is 4.52 Å². The van der Waals surface area contributed by atoms with Gasteiger partial charge in [-0.3, -0.25) is 0 Å². The van der Waals surface area contributed by atoms with Crippen LogP contribution in [0, 0.1) is 12.3 Å². The molecule has 25 heavy (non-hydrogen) atoms. The smallest absolute Gasteiger partial charge is 0.277 e. The molecular weight excluding hydrogens is 364 g/mol. The maximum absolute atomic E-state index is 11.6. The van der Waals surface area contributed by atoms with Crippen LogP contribution >= 0.6 is 11.6 Å². The lowest BCUT2D eigenvalue weighted by Gasteiger charge is -2.60. The first-order valence-electron chi connectivity index (χ1n) is 8.27. The number of anilines is 1. The summed E-state index contributed by atoms with van der Waals surface area (Å²) >= 11 is 6.20. The van der Waals surface area contributed by atoms with Gasteiger partial charge in [-0.25, -0.2) is 14.6 Å². The molecule has 1 spiro atoms. The Kier molecular flexibility index (Phi) is 3.77. The van der Waals surface area contributed by atoms with Gasteiger partial charge >= 0.3 is 0 Å². The van der Waals surface area contributed by atoms with Crippen LogP contribution in [-0.2, 0) is 10.2 Å². The number of hydrogen-bond donors (Lipinski definition) is 1. The van der Waals surface area contributed by atoms with Crippen molar-refractivity contribution in [3.63, 3.8) is 0 Å². The maximum Gasteiger partial charge on any atom is 0.277 e. The zero-order chi connectivity index (χ0) is 18.0. The molecule has 0 bridgehead atoms. The van der Waals surface area contributed by atoms with E-state index in [9.17, 15) is 8.42 Å². The highest BCUT2D eigenvalue weighted by Gasteiger charge is 2.55. The monoisotopic (exact) mass is 384 g/mol. The molecule has 2 N–H and O–H groups in total. The summed E-state index contributed by atoms with van der Waals surface area (Å²) < 4.78 is 26.4. The first-order valence-corrected chi connectivity index (χ1v) is 10.2. The summed E-state index contributed by atoms with van der Waals surface area (Å²) in [4.78, 5) is 6.66. The fraction of sp³-hybridized carbons (Fsp3) is 0.600. The van der Waals surface area contributed by atoms with E-state index in [4.69, 9.17) is 16.7 Å². The predicted octanol–water partition coefficient (Wildman–Crippen LogP) is 1.19. The molecule has 1 aliphatic heterocycles. The molecule has 10 heteroatoms. The third kappa shape index (κ3) is 2.61. The van der Waals surface area contributed by atoms with Crippen LogP contribution in [0.5, 0.6) is 0 Å². The molecule has 2 fully saturated rings. The number of nitrogens with zero attached hydrogens (tertiary/aromatic N) is 5. The first kappa shape index (κ1) is 17.0. The number of aryl methyl sites for hydroxylation is 1. The molecule has 1 saturated heterocycles. The minimum Gasteiger partial charge on any atom is -0.354 e. The van der Waals surface area contributed by atoms with Gasteiger partial charge in [0.05, 0.1) is 0 Å². The van der Waals surface area contributed by atoms with Crippen LogP contribution in [0.2, 0.25) is 5.15 Å². The molecule has 2 aromatic heterocycles. The molecule has 8 nitrogen and oxygen atoms in total. The molecule has 2 aliphatic rings. The number of nitrogens with two attached hydrogens (primary N) is 1. The molecule has 1 aliphatic carbocycles. The van der Waals surface area contributed by atoms with Crippen LogP contribution in [0.15, 0.2) is 12.4 Å². The zero-order valence-electron chi connectivity index (χ0n) is 14.2. The van der Waals surface area contributed by atoms with Gasteiger partial charge in [0.2, 0.25) is 0 Å². The second-order valence-corrected chi connectivity index (χ2v) is 9.05. The average molecular weight is 385 g/mol. The number of aromatic nitrogens is 3. The molecule has 0 amide bonds. The summed E-state index contributed by atoms with van der Waals surface area (Å²) in [5.41, 5.74) is 2.13. The van der Waals surface area contributed by atoms with E-state index in [1.807, 2.05) is 19.9 Å². The Balaban J connectivity index is 1.49. The van der Waals surface area contributed by atoms with Crippen LogP contribution in [0.25, 0.3) is 5.52 Å². The summed E-state index contributed by atoms with van der Waals surface area (Å²) in [5.74, 6) is 0.882. The van der Waals surface area contributed by atoms with Crippen LogP contribution in [0.4, 0.5) is 5.82 Å². The van der Waals surface area contributed by atoms with E-state index in [2.05, 4.69) is 15.0 Å². The van der Waals surface area contributed by atoms with Crippen molar-refractivity contribution in [1.29, 1.82) is 0 Å². The van der Waals surface area contributed by atoms with Crippen molar-refractivity contribution in [2.75, 3.05) is 24.5 Å². The second kappa shape index (κ2) is 5.54. The SMILES string of the molecule is CCN(C1CC2(C1)CN(c1ncnn3c(Cl)cc(C)c13)C2)S(N)(=O)=O. The summed E-state index contributed by atoms with van der Waals surface area (Å²) in [6, 6.07) is 1.90. The molecule has 0 radical (unpaired) electrons. The third-order valence-electron chi connectivity index (χ3n) is 5.42. The molecule has 2 aromatic rings. The van der Waals surface area contributed by atoms with Gasteiger partial charge in [-0.1, -0.05) is 18.5 Å². The zero-order valence-corrected chi connectivity index (χ0v) is 15.8. The Morgan fingerprint density at radius 3 is 2.72 bits per heavy atom. The van der Waals surface area contributed by atoms with E-state index in [0.29, 0.717) is 11.7 Å². The fourth-order valence-corrected chi connectivity index (χ4v) is 5.57. The van der Waals surface area contributed by atoms with Crippen LogP contribution in [0.1, 0.15) is 25.3 Å². The van der Waals surface area contributed by atoms with Crippen molar-refractivity contribution in [3.05, 3.63) is 23.1 Å². The second-order valence-electron chi connectivity index (χ2n) is 7.16. The lowest BCUT2D eigenvalue weighted by atomic mass is 9.60. The Hall–Kier alpha value is -1.42. The molecule has 136 valence electrons. The van der Waals surface area contributed by atoms with Crippen LogP contribution < -0.4 is 10.0 Å². The summed E-state index contributed by atoms with van der Waals surface area (Å²) in [7, 11) is -3.63. The largest absolute Gasteiger partial charge is 0.354 e. The van der Waals surface area contributed by atoms with Crippen molar-refractivity contribution in [1.82, 2.24) is 18.9 Å². The van der Waals surface area contributed by atoms with E-state index in [-0.39, 0.29) is 11.5 Å². The molecule has 3 heterocycles. The lowest BCUT2D eigenvalue weighted by Crippen LogP contribution is -2.67. The van der Waals surface area contributed by atoms with Gasteiger partial charge in [-0.05, 0) is 31.4 Å². The predicted molar refractivity (Wildman–Crippen MR) is 95.9 cm³/mol. The van der Waals surface area contributed by atoms with Crippen molar-refractivity contribution in [3.8, 4) is 0 Å². The van der Waals surface area contributed by atoms with Crippen molar-refractivity contribution < 1.29 is 8.42 Å². The van der Waals surface area contributed by atoms with Gasteiger partial charge < -0.3 is 4.90 Å². The van der Waals surface area contributed by atoms with Gasteiger partial charge in [0.25, 0.3) is 10.2 Å². The standard InChI is InChI=1S/C15H21ClN6O2S/c1-3-21(25(17,23)24)11-5-15(6-11)7-20(8-15)14-13-10(2)4-12(16)22(13)19-9-18-14/h4,9,11H,3,5-8H2,1-2H3,(H2,17,23,24). The van der Waals surface area contributed by atoms with Gasteiger partial charge in [0.1, 0.15) is 17.0 Å². The van der Waals surface area contributed by atoms with Gasteiger partial charge in [-0.2, -0.15) is 17.8 Å². The van der Waals surface area contributed by atoms with Gasteiger partial charge in [0.15, 0.2) is 5.82 Å². The lowest BCUT2D eigenvalue weighted by molar-refractivity contribution is 0.0149. The Morgan fingerprint density at radius 2 is 2.12 bits per heavy atom. The number of rotatable bonds is 4. The molecule has 0 unspecified atom stereocenters. The van der Waals surface area contributed by atoms with Gasteiger partial charge in [0, 0.05) is 31.1 Å². The quantitative estimate of drug-likeness (QED) is 0.853. The Bertz CT molecular complexity index is 929. The first-order chi connectivity index (χ1) is 11.7. The normalized spacial score (nSPS) is 20.3. The Labute approximate surface area is 151 Å². The highest BCUT2D eigenvalue weighted by atomic mass is 35.5. The van der Waals surface area contributed by atoms with E-state index >= 15 is 0 Å². The molecule has 4 rings (SSSR count). The van der Waals surface area contributed by atoms with E-state index < -0.39 is 10.2 Å². The van der Waals surface area contributed by atoms with E-state index in [1.165, 1.54) is 10.6 Å². The minimum atomic E-state index is -3.63. The highest BCUT2D eigenvalue weighted by molar-refractivity contribution is 7.86. The topological polar surface area (TPSA) is 96.8 Å². The molecular formula is C15H21ClN6O2S. The molecule has 0 atom stereocenters. The Morgan fingerprint density at radius 1 is 1.44 bits per heavy atom. The van der Waals surface area contributed by atoms with Crippen molar-refractivity contribution >= 4 is 33.1 Å². The number of fused-ring (bicyclic) bond motifs is 1. The minimum absolute atomic E-state index is 0.0112. The van der Waals surface area contributed by atoms with Gasteiger partial charge in [-0.15, -0.1) is 0 Å². The number of hydrogen-bond acceptors (Lipinski definition) is 5. The third-order valence-corrected chi connectivity index (χ3v) is 6.90. The van der Waals surface area contributed by atoms with E-state index in [0.717, 1.165) is 42.8 Å². The summed E-state index contributed by atoms with van der Waals surface area (Å²) in [6.45, 7) is 5.95. The fourth-order valence-electron chi connectivity index (χ4n) is 4.35. The van der Waals surface area contributed by atoms with Crippen molar-refractivity contribution in [2.45, 2.75) is 32.7 Å². The average Bonchev–Trinajstić information content (AvgIpc) is 2.74. The van der Waals surface area contributed by atoms with Crippen LogP contribution in [-0.4, -0.2) is 53.0 Å². The van der Waals surface area contributed by atoms with Crippen molar-refractivity contribution in [2.24, 2.45) is 10.6 Å². The number of halogens is 1. The van der Waals surface area contributed by atoms with Crippen LogP contribution in [0.3, 0.4) is 0 Å². The summed E-state index contributed by atoms with van der Waals surface area (Å²) in [6.07, 6.45) is 3.20. The summed E-state index contributed by atoms with van der Waals surface area (Å²) in [5, 5.41) is 10.1. The highest BCUT2D eigenvalue weighted by Crippen LogP contribution is 2.52. The molecule has 0 aromatic carbocycles. The maximum atomic E-state index is 11.6. The molecule has 1 saturated carbocycles.